The molecule has 2 atom stereocenters. The number of rotatable bonds is 9. The van der Waals surface area contributed by atoms with Gasteiger partial charge in [-0.1, -0.05) is 65.0 Å². The van der Waals surface area contributed by atoms with Gasteiger partial charge >= 0.3 is 5.97 Å². The second-order valence-corrected chi connectivity index (χ2v) is 9.50. The van der Waals surface area contributed by atoms with Gasteiger partial charge in [0.05, 0.1) is 12.0 Å². The van der Waals surface area contributed by atoms with Crippen molar-refractivity contribution in [2.45, 2.75) is 58.4 Å². The van der Waals surface area contributed by atoms with E-state index in [1.165, 1.54) is 0 Å². The van der Waals surface area contributed by atoms with Crippen molar-refractivity contribution < 1.29 is 14.3 Å². The van der Waals surface area contributed by atoms with Gasteiger partial charge in [0.1, 0.15) is 6.61 Å². The molecule has 0 fully saturated rings. The lowest BCUT2D eigenvalue weighted by Gasteiger charge is -2.23. The Morgan fingerprint density at radius 1 is 1.16 bits per heavy atom. The Morgan fingerprint density at radius 3 is 2.28 bits per heavy atom. The van der Waals surface area contributed by atoms with Crippen molar-refractivity contribution in [2.75, 3.05) is 5.75 Å². The molecule has 0 aliphatic heterocycles. The van der Waals surface area contributed by atoms with Gasteiger partial charge in [0.25, 0.3) is 0 Å². The van der Waals surface area contributed by atoms with E-state index in [2.05, 4.69) is 20.8 Å². The Morgan fingerprint density at radius 2 is 1.76 bits per heavy atom. The van der Waals surface area contributed by atoms with E-state index in [-0.39, 0.29) is 35.4 Å². The number of Topliss-reactive ketones (excluding diaryl/α,β-unsaturated/α-hetero) is 1. The van der Waals surface area contributed by atoms with Crippen molar-refractivity contribution in [1.29, 1.82) is 0 Å². The first-order chi connectivity index (χ1) is 11.6. The van der Waals surface area contributed by atoms with Crippen LogP contribution in [0.5, 0.6) is 0 Å². The maximum Gasteiger partial charge on any atom is 0.310 e. The topological polar surface area (TPSA) is 69.4 Å². The summed E-state index contributed by atoms with van der Waals surface area (Å²) in [5.74, 6) is -0.265. The van der Waals surface area contributed by atoms with Crippen molar-refractivity contribution in [1.82, 2.24) is 0 Å². The van der Waals surface area contributed by atoms with E-state index in [0.29, 0.717) is 5.75 Å². The summed E-state index contributed by atoms with van der Waals surface area (Å²) in [5, 5.41) is 0. The standard InChI is InChI=1S/C20H31NO3S/c1-14(2)18(21)17(22)11-16(13-25-20(3,4)5)19(23)24-12-15-9-7-6-8-10-15/h6-10,14,16,18H,11-13,21H2,1-5H3/t16-,18-/m0/s1. The number of benzene rings is 1. The number of hydrogen-bond donors (Lipinski definition) is 1. The molecule has 4 nitrogen and oxygen atoms in total. The lowest BCUT2D eigenvalue weighted by atomic mass is 9.94. The molecule has 0 spiro atoms. The van der Waals surface area contributed by atoms with Crippen LogP contribution in [-0.2, 0) is 20.9 Å². The Labute approximate surface area is 155 Å². The first-order valence-corrected chi connectivity index (χ1v) is 9.71. The first-order valence-electron chi connectivity index (χ1n) is 8.73. The zero-order valence-corrected chi connectivity index (χ0v) is 16.8. The zero-order chi connectivity index (χ0) is 19.0. The SMILES string of the molecule is CC(C)[C@H](N)C(=O)C[C@@H](CSC(C)(C)C)C(=O)OCc1ccccc1. The molecule has 0 aliphatic carbocycles. The van der Waals surface area contributed by atoms with E-state index in [0.717, 1.165) is 5.56 Å². The minimum absolute atomic E-state index is 0.0151. The van der Waals surface area contributed by atoms with Gasteiger partial charge in [-0.3, -0.25) is 9.59 Å². The van der Waals surface area contributed by atoms with Crippen molar-refractivity contribution in [2.24, 2.45) is 17.6 Å². The summed E-state index contributed by atoms with van der Waals surface area (Å²) in [5.41, 5.74) is 6.88. The summed E-state index contributed by atoms with van der Waals surface area (Å²) in [6, 6.07) is 9.00. The second-order valence-electron chi connectivity index (χ2n) is 7.65. The molecule has 1 rings (SSSR count). The average molecular weight is 366 g/mol. The summed E-state index contributed by atoms with van der Waals surface area (Å²) in [6.45, 7) is 10.3. The summed E-state index contributed by atoms with van der Waals surface area (Å²) in [6.07, 6.45) is 0.135. The molecule has 2 N–H and O–H groups in total. The van der Waals surface area contributed by atoms with Crippen LogP contribution in [0.25, 0.3) is 0 Å². The lowest BCUT2D eigenvalue weighted by molar-refractivity contribution is -0.150. The third-order valence-corrected chi connectivity index (χ3v) is 5.25. The molecule has 1 aromatic carbocycles. The van der Waals surface area contributed by atoms with Crippen LogP contribution in [0, 0.1) is 11.8 Å². The highest BCUT2D eigenvalue weighted by Crippen LogP contribution is 2.27. The van der Waals surface area contributed by atoms with Gasteiger partial charge in [-0.2, -0.15) is 11.8 Å². The summed E-state index contributed by atoms with van der Waals surface area (Å²) in [7, 11) is 0. The van der Waals surface area contributed by atoms with Gasteiger partial charge in [0.15, 0.2) is 5.78 Å². The molecule has 5 heteroatoms. The molecule has 0 saturated heterocycles. The fourth-order valence-corrected chi connectivity index (χ4v) is 3.11. The minimum Gasteiger partial charge on any atom is -0.461 e. The van der Waals surface area contributed by atoms with Crippen LogP contribution in [-0.4, -0.2) is 28.3 Å². The summed E-state index contributed by atoms with van der Waals surface area (Å²) in [4.78, 5) is 24.9. The number of carbonyl (C=O) groups is 2. The van der Waals surface area contributed by atoms with Gasteiger partial charge in [0.2, 0.25) is 0 Å². The highest BCUT2D eigenvalue weighted by Gasteiger charge is 2.28. The highest BCUT2D eigenvalue weighted by molar-refractivity contribution is 8.00. The molecule has 0 bridgehead atoms. The van der Waals surface area contributed by atoms with Gasteiger partial charge in [-0.25, -0.2) is 0 Å². The van der Waals surface area contributed by atoms with Gasteiger partial charge in [0, 0.05) is 16.9 Å². The van der Waals surface area contributed by atoms with Crippen molar-refractivity contribution in [3.05, 3.63) is 35.9 Å². The summed E-state index contributed by atoms with van der Waals surface area (Å²) >= 11 is 1.66. The molecule has 1 aromatic rings. The quantitative estimate of drug-likeness (QED) is 0.674. The van der Waals surface area contributed by atoms with E-state index in [4.69, 9.17) is 10.5 Å². The molecule has 0 aliphatic rings. The van der Waals surface area contributed by atoms with Crippen LogP contribution < -0.4 is 5.73 Å². The van der Waals surface area contributed by atoms with Gasteiger partial charge in [-0.15, -0.1) is 0 Å². The molecule has 25 heavy (non-hydrogen) atoms. The Bertz CT molecular complexity index is 552. The average Bonchev–Trinajstić information content (AvgIpc) is 2.55. The first kappa shape index (κ1) is 21.7. The number of nitrogens with two attached hydrogens (primary N) is 1. The maximum absolute atomic E-state index is 12.5. The third-order valence-electron chi connectivity index (χ3n) is 3.81. The number of carbonyl (C=O) groups excluding carboxylic acids is 2. The number of thioether (sulfide) groups is 1. The predicted molar refractivity (Wildman–Crippen MR) is 104 cm³/mol. The number of esters is 1. The number of hydrogen-bond acceptors (Lipinski definition) is 5. The van der Waals surface area contributed by atoms with Crippen LogP contribution in [0.1, 0.15) is 46.6 Å². The molecular weight excluding hydrogens is 334 g/mol. The fourth-order valence-electron chi connectivity index (χ4n) is 2.16. The Balaban J connectivity index is 2.71. The van der Waals surface area contributed by atoms with Crippen molar-refractivity contribution in [3.8, 4) is 0 Å². The fraction of sp³-hybridized carbons (Fsp3) is 0.600. The molecule has 0 radical (unpaired) electrons. The number of ether oxygens (including phenoxy) is 1. The Kier molecular flexibility index (Phi) is 8.66. The molecule has 0 saturated carbocycles. The van der Waals surface area contributed by atoms with E-state index < -0.39 is 12.0 Å². The van der Waals surface area contributed by atoms with Crippen LogP contribution in [0.4, 0.5) is 0 Å². The van der Waals surface area contributed by atoms with Crippen LogP contribution in [0.15, 0.2) is 30.3 Å². The zero-order valence-electron chi connectivity index (χ0n) is 16.0. The van der Waals surface area contributed by atoms with E-state index >= 15 is 0 Å². The largest absolute Gasteiger partial charge is 0.461 e. The maximum atomic E-state index is 12.5. The predicted octanol–water partition coefficient (Wildman–Crippen LogP) is 3.82. The van der Waals surface area contributed by atoms with Crippen LogP contribution >= 0.6 is 11.8 Å². The van der Waals surface area contributed by atoms with E-state index in [9.17, 15) is 9.59 Å². The monoisotopic (exact) mass is 365 g/mol. The number of ketones is 1. The van der Waals surface area contributed by atoms with Gasteiger partial charge < -0.3 is 10.5 Å². The molecule has 0 aromatic heterocycles. The summed E-state index contributed by atoms with van der Waals surface area (Å²) < 4.78 is 5.47. The minimum atomic E-state index is -0.538. The normalized spacial score (nSPS) is 14.2. The van der Waals surface area contributed by atoms with Crippen LogP contribution in [0.3, 0.4) is 0 Å². The van der Waals surface area contributed by atoms with Crippen molar-refractivity contribution >= 4 is 23.5 Å². The Hall–Kier alpha value is -1.33. The van der Waals surface area contributed by atoms with Crippen molar-refractivity contribution in [3.63, 3.8) is 0 Å². The van der Waals surface area contributed by atoms with E-state index in [1.54, 1.807) is 11.8 Å². The van der Waals surface area contributed by atoms with Gasteiger partial charge in [-0.05, 0) is 11.5 Å². The molecule has 0 unspecified atom stereocenters. The third kappa shape index (κ3) is 8.54. The van der Waals surface area contributed by atoms with E-state index in [1.807, 2.05) is 44.2 Å². The lowest BCUT2D eigenvalue weighted by Crippen LogP contribution is -2.38. The molecule has 140 valence electrons. The highest BCUT2D eigenvalue weighted by atomic mass is 32.2. The molecule has 0 amide bonds. The molecule has 0 heterocycles. The molecular formula is C20H31NO3S. The second kappa shape index (κ2) is 9.97. The van der Waals surface area contributed by atoms with Crippen LogP contribution in [0.2, 0.25) is 0 Å². The smallest absolute Gasteiger partial charge is 0.310 e.